The molecule has 1 atom stereocenters. The fourth-order valence-electron chi connectivity index (χ4n) is 3.20. The second-order valence-corrected chi connectivity index (χ2v) is 6.73. The molecule has 1 aromatic heterocycles. The lowest BCUT2D eigenvalue weighted by Gasteiger charge is -2.22. The van der Waals surface area contributed by atoms with Crippen LogP contribution in [0.3, 0.4) is 0 Å². The summed E-state index contributed by atoms with van der Waals surface area (Å²) < 4.78 is 5.60. The molecule has 0 aliphatic heterocycles. The third-order valence-electron chi connectivity index (χ3n) is 4.68. The molecule has 1 saturated carbocycles. The van der Waals surface area contributed by atoms with Crippen molar-refractivity contribution in [1.82, 2.24) is 9.97 Å². The van der Waals surface area contributed by atoms with E-state index in [-0.39, 0.29) is 11.8 Å². The number of aryl methyl sites for hydroxylation is 1. The van der Waals surface area contributed by atoms with Gasteiger partial charge in [-0.2, -0.15) is 4.79 Å². The third kappa shape index (κ3) is 4.99. The van der Waals surface area contributed by atoms with E-state index in [1.165, 1.54) is 0 Å². The molecule has 1 fully saturated rings. The van der Waals surface area contributed by atoms with Crippen molar-refractivity contribution < 1.29 is 14.3 Å². The van der Waals surface area contributed by atoms with Crippen LogP contribution in [0.15, 0.2) is 42.9 Å². The van der Waals surface area contributed by atoms with E-state index < -0.39 is 12.0 Å². The molecule has 3 rings (SSSR count). The molecule has 0 saturated heterocycles. The minimum atomic E-state index is -0.705. The zero-order chi connectivity index (χ0) is 19.1. The second-order valence-electron chi connectivity index (χ2n) is 6.73. The number of carbonyl (C=O) groups is 1. The van der Waals surface area contributed by atoms with Gasteiger partial charge < -0.3 is 15.6 Å². The summed E-state index contributed by atoms with van der Waals surface area (Å²) in [6.07, 6.45) is 9.46. The van der Waals surface area contributed by atoms with Crippen LogP contribution in [0.25, 0.3) is 5.53 Å². The van der Waals surface area contributed by atoms with E-state index in [1.54, 1.807) is 18.6 Å². The van der Waals surface area contributed by atoms with Crippen molar-refractivity contribution in [2.24, 2.45) is 0 Å². The molecule has 0 bridgehead atoms. The molecule has 1 unspecified atom stereocenters. The molecule has 7 nitrogen and oxygen atoms in total. The zero-order valence-corrected chi connectivity index (χ0v) is 15.3. The number of carbonyl (C=O) groups excluding carboxylic acids is 1. The van der Waals surface area contributed by atoms with Gasteiger partial charge in [-0.05, 0) is 38.2 Å². The van der Waals surface area contributed by atoms with Crippen molar-refractivity contribution in [3.63, 3.8) is 0 Å². The van der Waals surface area contributed by atoms with Crippen LogP contribution >= 0.6 is 0 Å². The van der Waals surface area contributed by atoms with Crippen LogP contribution in [0.2, 0.25) is 0 Å². The first-order valence-electron chi connectivity index (χ1n) is 9.19. The van der Waals surface area contributed by atoms with Gasteiger partial charge in [-0.3, -0.25) is 4.98 Å². The SMILES string of the molecule is Cc1ccc(C(Nc2cnccn2)C(=[N+]=[N-])C(=O)OC2CCCCC2)cc1. The summed E-state index contributed by atoms with van der Waals surface area (Å²) >= 11 is 0. The Morgan fingerprint density at radius 1 is 1.22 bits per heavy atom. The lowest BCUT2D eigenvalue weighted by molar-refractivity contribution is -0.147. The number of nitrogens with one attached hydrogen (secondary N) is 1. The van der Waals surface area contributed by atoms with Gasteiger partial charge in [0.25, 0.3) is 0 Å². The van der Waals surface area contributed by atoms with Gasteiger partial charge in [-0.15, -0.1) is 0 Å². The van der Waals surface area contributed by atoms with E-state index >= 15 is 0 Å². The summed E-state index contributed by atoms with van der Waals surface area (Å²) in [6.45, 7) is 1.98. The maximum Gasteiger partial charge on any atom is 0.419 e. The van der Waals surface area contributed by atoms with Gasteiger partial charge in [0.05, 0.1) is 6.20 Å². The van der Waals surface area contributed by atoms with Crippen molar-refractivity contribution in [3.8, 4) is 0 Å². The summed E-state index contributed by atoms with van der Waals surface area (Å²) in [7, 11) is 0. The number of nitrogens with zero attached hydrogens (tertiary/aromatic N) is 4. The summed E-state index contributed by atoms with van der Waals surface area (Å²) in [5, 5.41) is 3.12. The minimum absolute atomic E-state index is 0.102. The van der Waals surface area contributed by atoms with Crippen LogP contribution in [0.1, 0.15) is 49.3 Å². The highest BCUT2D eigenvalue weighted by Gasteiger charge is 2.36. The smallest absolute Gasteiger partial charge is 0.419 e. The van der Waals surface area contributed by atoms with Crippen molar-refractivity contribution >= 4 is 17.5 Å². The van der Waals surface area contributed by atoms with Crippen LogP contribution in [-0.4, -0.2) is 32.5 Å². The molecule has 1 heterocycles. The van der Waals surface area contributed by atoms with Gasteiger partial charge >= 0.3 is 11.7 Å². The number of hydrogen-bond acceptors (Lipinski definition) is 5. The summed E-state index contributed by atoms with van der Waals surface area (Å²) in [5.74, 6) is -0.152. The second kappa shape index (κ2) is 9.05. The normalized spacial score (nSPS) is 15.4. The van der Waals surface area contributed by atoms with E-state index in [0.29, 0.717) is 5.82 Å². The lowest BCUT2D eigenvalue weighted by Crippen LogP contribution is -2.34. The molecule has 1 N–H and O–H groups in total. The Balaban J connectivity index is 1.85. The molecule has 1 aliphatic rings. The molecule has 1 aliphatic carbocycles. The van der Waals surface area contributed by atoms with Crippen LogP contribution in [0, 0.1) is 6.92 Å². The van der Waals surface area contributed by atoms with Crippen molar-refractivity contribution in [1.29, 1.82) is 0 Å². The van der Waals surface area contributed by atoms with Crippen LogP contribution in [-0.2, 0) is 9.53 Å². The standard InChI is InChI=1S/C20H23N5O2/c1-14-7-9-15(10-8-14)18(24-17-13-22-11-12-23-17)19(25-21)20(26)27-16-5-3-2-4-6-16/h7-13,16,18H,2-6H2,1H3,(H,23,24). The Morgan fingerprint density at radius 2 is 1.96 bits per heavy atom. The Bertz CT molecular complexity index is 810. The first kappa shape index (κ1) is 18.7. The van der Waals surface area contributed by atoms with Gasteiger partial charge in [0.1, 0.15) is 11.9 Å². The van der Waals surface area contributed by atoms with E-state index in [9.17, 15) is 10.3 Å². The highest BCUT2D eigenvalue weighted by Crippen LogP contribution is 2.23. The monoisotopic (exact) mass is 365 g/mol. The molecule has 2 aromatic rings. The largest absolute Gasteiger partial charge is 0.454 e. The van der Waals surface area contributed by atoms with Crippen molar-refractivity contribution in [2.45, 2.75) is 51.2 Å². The average molecular weight is 365 g/mol. The van der Waals surface area contributed by atoms with E-state index in [1.807, 2.05) is 31.2 Å². The van der Waals surface area contributed by atoms with Crippen molar-refractivity contribution in [2.75, 3.05) is 5.32 Å². The van der Waals surface area contributed by atoms with E-state index in [2.05, 4.69) is 20.1 Å². The Kier molecular flexibility index (Phi) is 6.28. The van der Waals surface area contributed by atoms with Gasteiger partial charge in [0.15, 0.2) is 6.04 Å². The van der Waals surface area contributed by atoms with Crippen LogP contribution < -0.4 is 5.32 Å². The molecule has 0 amide bonds. The summed E-state index contributed by atoms with van der Waals surface area (Å²) in [5.41, 5.74) is 11.4. The first-order chi connectivity index (χ1) is 13.2. The number of ether oxygens (including phenoxy) is 1. The Morgan fingerprint density at radius 3 is 2.59 bits per heavy atom. The predicted molar refractivity (Wildman–Crippen MR) is 101 cm³/mol. The maximum atomic E-state index is 12.7. The van der Waals surface area contributed by atoms with Crippen LogP contribution in [0.5, 0.6) is 0 Å². The topological polar surface area (TPSA) is 101 Å². The fraction of sp³-hybridized carbons (Fsp3) is 0.400. The summed E-state index contributed by atoms with van der Waals surface area (Å²) in [6, 6.07) is 6.92. The molecular weight excluding hydrogens is 342 g/mol. The number of benzene rings is 1. The van der Waals surface area contributed by atoms with Gasteiger partial charge in [-0.25, -0.2) is 9.78 Å². The number of esters is 1. The van der Waals surface area contributed by atoms with E-state index in [4.69, 9.17) is 4.74 Å². The first-order valence-corrected chi connectivity index (χ1v) is 9.19. The Labute approximate surface area is 158 Å². The lowest BCUT2D eigenvalue weighted by atomic mass is 9.97. The molecule has 140 valence electrons. The minimum Gasteiger partial charge on any atom is -0.454 e. The van der Waals surface area contributed by atoms with Gasteiger partial charge in [0, 0.05) is 12.4 Å². The van der Waals surface area contributed by atoms with Gasteiger partial charge in [-0.1, -0.05) is 36.2 Å². The third-order valence-corrected chi connectivity index (χ3v) is 4.68. The molecule has 0 radical (unpaired) electrons. The number of hydrogen-bond donors (Lipinski definition) is 1. The molecule has 1 aromatic carbocycles. The zero-order valence-electron chi connectivity index (χ0n) is 15.3. The molecule has 27 heavy (non-hydrogen) atoms. The molecular formula is C20H23N5O2. The highest BCUT2D eigenvalue weighted by molar-refractivity contribution is 6.36. The average Bonchev–Trinajstić information content (AvgIpc) is 2.70. The number of anilines is 1. The predicted octanol–water partition coefficient (Wildman–Crippen LogP) is 3.48. The van der Waals surface area contributed by atoms with Crippen LogP contribution in [0.4, 0.5) is 5.82 Å². The highest BCUT2D eigenvalue weighted by atomic mass is 16.5. The maximum absolute atomic E-state index is 12.7. The number of rotatable bonds is 6. The van der Waals surface area contributed by atoms with E-state index in [0.717, 1.165) is 43.2 Å². The Hall–Kier alpha value is -3.05. The van der Waals surface area contributed by atoms with Crippen molar-refractivity contribution in [3.05, 3.63) is 59.5 Å². The molecule has 0 spiro atoms. The number of aromatic nitrogens is 2. The summed E-state index contributed by atoms with van der Waals surface area (Å²) in [4.78, 5) is 24.2. The quantitative estimate of drug-likeness (QED) is 0.365. The molecule has 7 heteroatoms. The van der Waals surface area contributed by atoms with Gasteiger partial charge in [0.2, 0.25) is 0 Å². The fourth-order valence-corrected chi connectivity index (χ4v) is 3.20.